The zero-order valence-electron chi connectivity index (χ0n) is 17.2. The highest BCUT2D eigenvalue weighted by Crippen LogP contribution is 2.41. The van der Waals surface area contributed by atoms with Crippen molar-refractivity contribution in [3.8, 4) is 11.3 Å². The van der Waals surface area contributed by atoms with Gasteiger partial charge in [-0.2, -0.15) is 0 Å². The molecule has 2 aliphatic heterocycles. The Labute approximate surface area is 183 Å². The molecule has 1 amide bonds. The number of carbonyl (C=O) groups is 1. The van der Waals surface area contributed by atoms with E-state index < -0.39 is 11.1 Å². The summed E-state index contributed by atoms with van der Waals surface area (Å²) in [4.78, 5) is 27.2. The number of fused-ring (bicyclic) bond motifs is 3. The fourth-order valence-electron chi connectivity index (χ4n) is 4.15. The van der Waals surface area contributed by atoms with Gasteiger partial charge in [0.25, 0.3) is 11.6 Å². The van der Waals surface area contributed by atoms with Crippen LogP contribution in [-0.2, 0) is 13.0 Å². The number of nitrogens with zero attached hydrogens (tertiary/aromatic N) is 2. The third-order valence-corrected chi connectivity index (χ3v) is 7.00. The second-order valence-electron chi connectivity index (χ2n) is 8.08. The molecule has 0 saturated heterocycles. The molecule has 31 heavy (non-hydrogen) atoms. The van der Waals surface area contributed by atoms with Gasteiger partial charge in [0.2, 0.25) is 0 Å². The van der Waals surface area contributed by atoms with Gasteiger partial charge in [-0.1, -0.05) is 12.1 Å². The van der Waals surface area contributed by atoms with Gasteiger partial charge in [-0.3, -0.25) is 19.8 Å². The molecule has 0 fully saturated rings. The number of anilines is 1. The molecule has 0 bridgehead atoms. The number of rotatable bonds is 4. The third kappa shape index (κ3) is 3.49. The summed E-state index contributed by atoms with van der Waals surface area (Å²) in [5.74, 6) is 0.969. The fourth-order valence-corrected chi connectivity index (χ4v) is 5.45. The average molecular weight is 439 g/mol. The first-order chi connectivity index (χ1) is 14.9. The molecule has 160 valence electrons. The lowest BCUT2D eigenvalue weighted by Crippen LogP contribution is -2.39. The zero-order chi connectivity index (χ0) is 21.7. The number of carbonyl (C=O) groups excluding carboxylic acids is 1. The number of hydrogen-bond donors (Lipinski definition) is 2. The summed E-state index contributed by atoms with van der Waals surface area (Å²) in [7, 11) is 0. The maximum Gasteiger partial charge on any atom is 0.270 e. The van der Waals surface area contributed by atoms with E-state index in [0.29, 0.717) is 23.1 Å². The average Bonchev–Trinajstić information content (AvgIpc) is 3.38. The summed E-state index contributed by atoms with van der Waals surface area (Å²) in [5.41, 5.74) is 2.52. The number of non-ortho nitro benzene ring substituents is 1. The molecule has 8 nitrogen and oxygen atoms in total. The molecular weight excluding hydrogens is 416 g/mol. The number of thiophene rings is 1. The van der Waals surface area contributed by atoms with Crippen molar-refractivity contribution in [3.63, 3.8) is 0 Å². The van der Waals surface area contributed by atoms with E-state index in [1.54, 1.807) is 35.6 Å². The van der Waals surface area contributed by atoms with Crippen LogP contribution in [0, 0.1) is 10.1 Å². The minimum atomic E-state index is -0.492. The fraction of sp³-hybridized carbons (Fsp3) is 0.318. The standard InChI is InChI=1S/C22H22N4O4S/c1-12(2)25-9-8-15-18(11-25)31-22-19(15)21(27)23-20(24-22)17-7-6-16(30-17)13-4-3-5-14(10-13)26(28)29/h3-7,10,12,20,24H,8-9,11H2,1-2H3,(H,23,27). The molecule has 1 aromatic carbocycles. The normalized spacial score (nSPS) is 18.3. The lowest BCUT2D eigenvalue weighted by molar-refractivity contribution is -0.384. The molecule has 0 saturated carbocycles. The molecule has 2 N–H and O–H groups in total. The quantitative estimate of drug-likeness (QED) is 0.458. The van der Waals surface area contributed by atoms with E-state index >= 15 is 0 Å². The van der Waals surface area contributed by atoms with Gasteiger partial charge in [0, 0.05) is 41.7 Å². The maximum atomic E-state index is 12.9. The van der Waals surface area contributed by atoms with Crippen molar-refractivity contribution in [2.24, 2.45) is 0 Å². The predicted molar refractivity (Wildman–Crippen MR) is 118 cm³/mol. The minimum Gasteiger partial charge on any atom is -0.457 e. The first-order valence-electron chi connectivity index (χ1n) is 10.2. The first-order valence-corrected chi connectivity index (χ1v) is 11.0. The minimum absolute atomic E-state index is 0.00351. The van der Waals surface area contributed by atoms with Crippen LogP contribution in [-0.4, -0.2) is 28.3 Å². The monoisotopic (exact) mass is 438 g/mol. The van der Waals surface area contributed by atoms with Crippen molar-refractivity contribution in [2.75, 3.05) is 11.9 Å². The van der Waals surface area contributed by atoms with Crippen molar-refractivity contribution < 1.29 is 14.1 Å². The Morgan fingerprint density at radius 1 is 1.26 bits per heavy atom. The van der Waals surface area contributed by atoms with E-state index in [-0.39, 0.29) is 11.6 Å². The van der Waals surface area contributed by atoms with Crippen LogP contribution in [0.15, 0.2) is 40.8 Å². The number of benzene rings is 1. The molecule has 0 spiro atoms. The van der Waals surface area contributed by atoms with Gasteiger partial charge in [-0.15, -0.1) is 11.3 Å². The first kappa shape index (κ1) is 19.8. The molecule has 0 radical (unpaired) electrons. The number of nitro groups is 1. The Bertz CT molecular complexity index is 1180. The van der Waals surface area contributed by atoms with Crippen LogP contribution < -0.4 is 10.6 Å². The number of nitro benzene ring substituents is 1. The van der Waals surface area contributed by atoms with Crippen LogP contribution in [0.1, 0.15) is 46.6 Å². The van der Waals surface area contributed by atoms with Gasteiger partial charge < -0.3 is 15.1 Å². The van der Waals surface area contributed by atoms with Crippen LogP contribution in [0.2, 0.25) is 0 Å². The Morgan fingerprint density at radius 2 is 2.10 bits per heavy atom. The van der Waals surface area contributed by atoms with Gasteiger partial charge in [0.15, 0.2) is 6.17 Å². The van der Waals surface area contributed by atoms with Crippen LogP contribution in [0.3, 0.4) is 0 Å². The Morgan fingerprint density at radius 3 is 2.87 bits per heavy atom. The Kier molecular flexibility index (Phi) is 4.79. The maximum absolute atomic E-state index is 12.9. The Balaban J connectivity index is 1.41. The van der Waals surface area contributed by atoms with Gasteiger partial charge in [-0.25, -0.2) is 0 Å². The highest BCUT2D eigenvalue weighted by Gasteiger charge is 2.34. The van der Waals surface area contributed by atoms with Gasteiger partial charge in [-0.05, 0) is 38.0 Å². The molecule has 2 aromatic heterocycles. The van der Waals surface area contributed by atoms with Crippen molar-refractivity contribution in [3.05, 3.63) is 68.3 Å². The van der Waals surface area contributed by atoms with E-state index in [1.807, 2.05) is 0 Å². The summed E-state index contributed by atoms with van der Waals surface area (Å²) < 4.78 is 5.95. The van der Waals surface area contributed by atoms with Crippen LogP contribution in [0.4, 0.5) is 10.7 Å². The lowest BCUT2D eigenvalue weighted by Gasteiger charge is -2.30. The lowest BCUT2D eigenvalue weighted by atomic mass is 10.0. The van der Waals surface area contributed by atoms with E-state index in [9.17, 15) is 14.9 Å². The van der Waals surface area contributed by atoms with E-state index in [1.165, 1.54) is 17.0 Å². The van der Waals surface area contributed by atoms with Gasteiger partial charge in [0.1, 0.15) is 16.5 Å². The second kappa shape index (κ2) is 7.51. The highest BCUT2D eigenvalue weighted by atomic mass is 32.1. The largest absolute Gasteiger partial charge is 0.457 e. The molecular formula is C22H22N4O4S. The van der Waals surface area contributed by atoms with Crippen molar-refractivity contribution >= 4 is 27.9 Å². The molecule has 9 heteroatoms. The number of amides is 1. The molecule has 1 unspecified atom stereocenters. The number of hydrogen-bond acceptors (Lipinski definition) is 7. The van der Waals surface area contributed by atoms with E-state index in [0.717, 1.165) is 35.6 Å². The van der Waals surface area contributed by atoms with Crippen LogP contribution in [0.5, 0.6) is 0 Å². The van der Waals surface area contributed by atoms with Crippen molar-refractivity contribution in [1.29, 1.82) is 0 Å². The molecule has 4 heterocycles. The van der Waals surface area contributed by atoms with Crippen molar-refractivity contribution in [2.45, 2.75) is 39.0 Å². The second-order valence-corrected chi connectivity index (χ2v) is 9.19. The summed E-state index contributed by atoms with van der Waals surface area (Å²) in [6, 6.07) is 10.3. The highest BCUT2D eigenvalue weighted by molar-refractivity contribution is 7.16. The van der Waals surface area contributed by atoms with Gasteiger partial charge in [0.05, 0.1) is 10.5 Å². The number of furan rings is 1. The zero-order valence-corrected chi connectivity index (χ0v) is 18.0. The molecule has 3 aromatic rings. The smallest absolute Gasteiger partial charge is 0.270 e. The Hall–Kier alpha value is -3.17. The van der Waals surface area contributed by atoms with E-state index in [2.05, 4.69) is 29.4 Å². The molecule has 2 aliphatic rings. The topological polar surface area (TPSA) is 101 Å². The van der Waals surface area contributed by atoms with Crippen LogP contribution in [0.25, 0.3) is 11.3 Å². The predicted octanol–water partition coefficient (Wildman–Crippen LogP) is 4.54. The summed E-state index contributed by atoms with van der Waals surface area (Å²) >= 11 is 1.64. The van der Waals surface area contributed by atoms with E-state index in [4.69, 9.17) is 4.42 Å². The van der Waals surface area contributed by atoms with Crippen LogP contribution >= 0.6 is 11.3 Å². The summed E-state index contributed by atoms with van der Waals surface area (Å²) in [5, 5.41) is 18.3. The molecule has 5 rings (SSSR count). The van der Waals surface area contributed by atoms with Gasteiger partial charge >= 0.3 is 0 Å². The molecule has 1 atom stereocenters. The third-order valence-electron chi connectivity index (χ3n) is 5.85. The summed E-state index contributed by atoms with van der Waals surface area (Å²) in [6.07, 6.45) is 0.380. The molecule has 0 aliphatic carbocycles. The van der Waals surface area contributed by atoms with Crippen molar-refractivity contribution in [1.82, 2.24) is 10.2 Å². The summed E-state index contributed by atoms with van der Waals surface area (Å²) in [6.45, 7) is 6.20. The SMILES string of the molecule is CC(C)N1CCc2c(sc3c2C(=O)NC(c2ccc(-c4cccc([N+](=O)[O-])c4)o2)N3)C1. The number of nitrogens with one attached hydrogen (secondary N) is 2.